The van der Waals surface area contributed by atoms with Crippen molar-refractivity contribution in [1.29, 1.82) is 0 Å². The molecule has 140 valence electrons. The van der Waals surface area contributed by atoms with E-state index in [1.165, 1.54) is 11.8 Å². The second kappa shape index (κ2) is 7.59. The molecule has 0 spiro atoms. The molecule has 0 saturated carbocycles. The lowest BCUT2D eigenvalue weighted by Crippen LogP contribution is -2.49. The standard InChI is InChI=1S/C17H22N4O5/c1-12(22)21-11-13(10-14(21)16(23)24)26-17(25)20-8-6-19(7-9-20)15-4-2-3-5-18-15/h2-5,13-14H,6-11H2,1H3,(H,23,24)/t13-,14+/m1/s1. The van der Waals surface area contributed by atoms with Gasteiger partial charge in [-0.05, 0) is 12.1 Å². The van der Waals surface area contributed by atoms with Crippen molar-refractivity contribution >= 4 is 23.8 Å². The lowest BCUT2D eigenvalue weighted by atomic mass is 10.2. The normalized spacial score (nSPS) is 23.0. The zero-order valence-corrected chi connectivity index (χ0v) is 14.6. The van der Waals surface area contributed by atoms with E-state index in [9.17, 15) is 19.5 Å². The maximum atomic E-state index is 12.4. The molecule has 2 amide bonds. The van der Waals surface area contributed by atoms with Crippen LogP contribution in [0.3, 0.4) is 0 Å². The summed E-state index contributed by atoms with van der Waals surface area (Å²) in [5, 5.41) is 9.21. The minimum atomic E-state index is -1.08. The zero-order chi connectivity index (χ0) is 18.7. The molecule has 0 bridgehead atoms. The van der Waals surface area contributed by atoms with Crippen molar-refractivity contribution < 1.29 is 24.2 Å². The number of rotatable bonds is 3. The molecule has 1 N–H and O–H groups in total. The minimum absolute atomic E-state index is 0.117. The van der Waals surface area contributed by atoms with Crippen LogP contribution >= 0.6 is 0 Å². The van der Waals surface area contributed by atoms with Crippen molar-refractivity contribution in [3.05, 3.63) is 24.4 Å². The van der Waals surface area contributed by atoms with Gasteiger partial charge in [-0.25, -0.2) is 14.6 Å². The smallest absolute Gasteiger partial charge is 0.410 e. The number of anilines is 1. The summed E-state index contributed by atoms with van der Waals surface area (Å²) in [5.74, 6) is -0.541. The number of pyridine rings is 1. The monoisotopic (exact) mass is 362 g/mol. The van der Waals surface area contributed by atoms with Crippen LogP contribution in [0.2, 0.25) is 0 Å². The van der Waals surface area contributed by atoms with Crippen molar-refractivity contribution in [3.63, 3.8) is 0 Å². The first-order valence-electron chi connectivity index (χ1n) is 8.57. The van der Waals surface area contributed by atoms with E-state index in [2.05, 4.69) is 9.88 Å². The number of amides is 2. The van der Waals surface area contributed by atoms with Crippen LogP contribution in [0.25, 0.3) is 0 Å². The second-order valence-corrected chi connectivity index (χ2v) is 6.43. The quantitative estimate of drug-likeness (QED) is 0.831. The van der Waals surface area contributed by atoms with Gasteiger partial charge < -0.3 is 24.5 Å². The van der Waals surface area contributed by atoms with E-state index in [1.54, 1.807) is 11.1 Å². The third-order valence-corrected chi connectivity index (χ3v) is 4.73. The molecule has 3 heterocycles. The molecule has 2 saturated heterocycles. The number of hydrogen-bond acceptors (Lipinski definition) is 6. The number of carboxylic acid groups (broad SMARTS) is 1. The molecule has 2 fully saturated rings. The summed E-state index contributed by atoms with van der Waals surface area (Å²) < 4.78 is 5.45. The average Bonchev–Trinajstić information content (AvgIpc) is 3.07. The van der Waals surface area contributed by atoms with Gasteiger partial charge >= 0.3 is 12.1 Å². The largest absolute Gasteiger partial charge is 0.480 e. The summed E-state index contributed by atoms with van der Waals surface area (Å²) in [7, 11) is 0. The number of carboxylic acids is 1. The highest BCUT2D eigenvalue weighted by Crippen LogP contribution is 2.22. The van der Waals surface area contributed by atoms with Gasteiger partial charge in [-0.15, -0.1) is 0 Å². The molecule has 0 radical (unpaired) electrons. The van der Waals surface area contributed by atoms with Crippen molar-refractivity contribution in [2.45, 2.75) is 25.5 Å². The first-order valence-corrected chi connectivity index (χ1v) is 8.57. The predicted molar refractivity (Wildman–Crippen MR) is 91.7 cm³/mol. The fourth-order valence-electron chi connectivity index (χ4n) is 3.34. The van der Waals surface area contributed by atoms with Gasteiger partial charge in [-0.3, -0.25) is 4.79 Å². The number of ether oxygens (including phenoxy) is 1. The molecule has 1 aromatic rings. The van der Waals surface area contributed by atoms with Gasteiger partial charge in [0.15, 0.2) is 0 Å². The molecule has 1 aromatic heterocycles. The number of likely N-dealkylation sites (tertiary alicyclic amines) is 1. The molecule has 26 heavy (non-hydrogen) atoms. The van der Waals surface area contributed by atoms with Crippen LogP contribution in [0, 0.1) is 0 Å². The van der Waals surface area contributed by atoms with E-state index in [0.29, 0.717) is 26.2 Å². The lowest BCUT2D eigenvalue weighted by molar-refractivity contribution is -0.147. The van der Waals surface area contributed by atoms with Gasteiger partial charge in [0, 0.05) is 45.7 Å². The molecule has 0 aromatic carbocycles. The van der Waals surface area contributed by atoms with Crippen LogP contribution in [-0.4, -0.2) is 82.7 Å². The fraction of sp³-hybridized carbons (Fsp3) is 0.529. The predicted octanol–water partition coefficient (Wildman–Crippen LogP) is 0.414. The SMILES string of the molecule is CC(=O)N1C[C@H](OC(=O)N2CCN(c3ccccn3)CC2)C[C@H]1C(=O)O. The van der Waals surface area contributed by atoms with Crippen molar-refractivity contribution in [1.82, 2.24) is 14.8 Å². The molecule has 9 heteroatoms. The Labute approximate surface area is 151 Å². The van der Waals surface area contributed by atoms with Crippen LogP contribution in [0.4, 0.5) is 10.6 Å². The highest BCUT2D eigenvalue weighted by Gasteiger charge is 2.40. The summed E-state index contributed by atoms with van der Waals surface area (Å²) in [6.07, 6.45) is 0.788. The van der Waals surface area contributed by atoms with Crippen molar-refractivity contribution in [2.24, 2.45) is 0 Å². The summed E-state index contributed by atoms with van der Waals surface area (Å²) >= 11 is 0. The molecule has 2 aliphatic heterocycles. The zero-order valence-electron chi connectivity index (χ0n) is 14.6. The van der Waals surface area contributed by atoms with Crippen LogP contribution in [0.5, 0.6) is 0 Å². The van der Waals surface area contributed by atoms with Crippen LogP contribution < -0.4 is 4.90 Å². The number of nitrogens with zero attached hydrogens (tertiary/aromatic N) is 4. The number of hydrogen-bond donors (Lipinski definition) is 1. The van der Waals surface area contributed by atoms with Gasteiger partial charge in [0.2, 0.25) is 5.91 Å². The van der Waals surface area contributed by atoms with Crippen LogP contribution in [-0.2, 0) is 14.3 Å². The topological polar surface area (TPSA) is 103 Å². The van der Waals surface area contributed by atoms with E-state index in [1.807, 2.05) is 18.2 Å². The van der Waals surface area contributed by atoms with Crippen molar-refractivity contribution in [2.75, 3.05) is 37.6 Å². The molecule has 2 atom stereocenters. The second-order valence-electron chi connectivity index (χ2n) is 6.43. The van der Waals surface area contributed by atoms with E-state index in [0.717, 1.165) is 5.82 Å². The van der Waals surface area contributed by atoms with Gasteiger partial charge in [0.1, 0.15) is 18.0 Å². The first-order chi connectivity index (χ1) is 12.5. The molecule has 2 aliphatic rings. The summed E-state index contributed by atoms with van der Waals surface area (Å²) in [4.78, 5) is 44.4. The molecule has 0 aliphatic carbocycles. The number of piperazine rings is 1. The molecular weight excluding hydrogens is 340 g/mol. The molecule has 0 unspecified atom stereocenters. The number of carbonyl (C=O) groups is 3. The van der Waals surface area contributed by atoms with Gasteiger partial charge in [0.05, 0.1) is 6.54 Å². The van der Waals surface area contributed by atoms with Gasteiger partial charge in [0.25, 0.3) is 0 Å². The van der Waals surface area contributed by atoms with Gasteiger partial charge in [-0.2, -0.15) is 0 Å². The van der Waals surface area contributed by atoms with Crippen molar-refractivity contribution in [3.8, 4) is 0 Å². The minimum Gasteiger partial charge on any atom is -0.480 e. The summed E-state index contributed by atoms with van der Waals surface area (Å²) in [6.45, 7) is 3.73. The lowest BCUT2D eigenvalue weighted by Gasteiger charge is -2.35. The van der Waals surface area contributed by atoms with E-state index < -0.39 is 24.2 Å². The Hall–Kier alpha value is -2.84. The Kier molecular flexibility index (Phi) is 5.24. The van der Waals surface area contributed by atoms with E-state index in [-0.39, 0.29) is 18.9 Å². The summed E-state index contributed by atoms with van der Waals surface area (Å²) in [6, 6.07) is 4.76. The highest BCUT2D eigenvalue weighted by molar-refractivity contribution is 5.83. The van der Waals surface area contributed by atoms with Gasteiger partial charge in [-0.1, -0.05) is 6.07 Å². The number of aliphatic carboxylic acids is 1. The Balaban J connectivity index is 1.52. The molecular formula is C17H22N4O5. The Bertz CT molecular complexity index is 653. The number of carbonyl (C=O) groups excluding carboxylic acids is 2. The van der Waals surface area contributed by atoms with Crippen LogP contribution in [0.15, 0.2) is 24.4 Å². The number of aromatic nitrogens is 1. The maximum Gasteiger partial charge on any atom is 0.410 e. The fourth-order valence-corrected chi connectivity index (χ4v) is 3.34. The Morgan fingerprint density at radius 2 is 1.92 bits per heavy atom. The maximum absolute atomic E-state index is 12.4. The molecule has 3 rings (SSSR count). The molecule has 9 nitrogen and oxygen atoms in total. The van der Waals surface area contributed by atoms with Crippen LogP contribution in [0.1, 0.15) is 13.3 Å². The van der Waals surface area contributed by atoms with E-state index in [4.69, 9.17) is 4.74 Å². The Morgan fingerprint density at radius 1 is 1.19 bits per heavy atom. The first kappa shape index (κ1) is 18.0. The summed E-state index contributed by atoms with van der Waals surface area (Å²) in [5.41, 5.74) is 0. The highest BCUT2D eigenvalue weighted by atomic mass is 16.6. The average molecular weight is 362 g/mol. The third-order valence-electron chi connectivity index (χ3n) is 4.73. The third kappa shape index (κ3) is 3.87. The Morgan fingerprint density at radius 3 is 2.46 bits per heavy atom. The van der Waals surface area contributed by atoms with E-state index >= 15 is 0 Å².